The molecule has 1 aromatic carbocycles. The van der Waals surface area contributed by atoms with E-state index in [4.69, 9.17) is 0 Å². The van der Waals surface area contributed by atoms with Crippen molar-refractivity contribution in [3.8, 4) is 0 Å². The van der Waals surface area contributed by atoms with Gasteiger partial charge in [0.25, 0.3) is 10.0 Å². The molecule has 0 saturated carbocycles. The van der Waals surface area contributed by atoms with Crippen molar-refractivity contribution in [1.29, 1.82) is 0 Å². The lowest BCUT2D eigenvalue weighted by atomic mass is 10.3. The normalized spacial score (nSPS) is 11.2. The molecule has 0 spiro atoms. The van der Waals surface area contributed by atoms with Gasteiger partial charge in [0.15, 0.2) is 0 Å². The Morgan fingerprint density at radius 1 is 1.42 bits per heavy atom. The third-order valence-electron chi connectivity index (χ3n) is 2.18. The van der Waals surface area contributed by atoms with Crippen LogP contribution in [0.4, 0.5) is 15.8 Å². The number of nitro groups is 1. The smallest absolute Gasteiger partial charge is 0.284 e. The van der Waals surface area contributed by atoms with Gasteiger partial charge in [-0.3, -0.25) is 19.9 Å². The molecule has 10 heteroatoms. The van der Waals surface area contributed by atoms with Gasteiger partial charge in [-0.05, 0) is 6.07 Å². The second kappa shape index (κ2) is 4.65. The SMILES string of the molecule is O=[N+]([O-])c1ccc(NS(=O)(=O)c2cn[nH]c2)cc1F. The Hall–Kier alpha value is -2.49. The summed E-state index contributed by atoms with van der Waals surface area (Å²) >= 11 is 0. The van der Waals surface area contributed by atoms with Gasteiger partial charge in [0.1, 0.15) is 4.90 Å². The first kappa shape index (κ1) is 13.0. The van der Waals surface area contributed by atoms with E-state index in [1.807, 2.05) is 0 Å². The van der Waals surface area contributed by atoms with Crippen molar-refractivity contribution in [1.82, 2.24) is 10.2 Å². The van der Waals surface area contributed by atoms with Crippen molar-refractivity contribution in [2.45, 2.75) is 4.90 Å². The van der Waals surface area contributed by atoms with E-state index in [1.54, 1.807) is 0 Å². The van der Waals surface area contributed by atoms with Crippen LogP contribution in [0.2, 0.25) is 0 Å². The summed E-state index contributed by atoms with van der Waals surface area (Å²) < 4.78 is 38.9. The first-order chi connectivity index (χ1) is 8.90. The number of hydrogen-bond donors (Lipinski definition) is 2. The van der Waals surface area contributed by atoms with E-state index >= 15 is 0 Å². The highest BCUT2D eigenvalue weighted by molar-refractivity contribution is 7.92. The largest absolute Gasteiger partial charge is 0.304 e. The van der Waals surface area contributed by atoms with E-state index in [9.17, 15) is 22.9 Å². The molecular formula is C9H7FN4O4S. The predicted octanol–water partition coefficient (Wildman–Crippen LogP) is 1.26. The molecule has 0 aliphatic rings. The number of rotatable bonds is 4. The molecule has 100 valence electrons. The molecule has 0 atom stereocenters. The lowest BCUT2D eigenvalue weighted by molar-refractivity contribution is -0.387. The van der Waals surface area contributed by atoms with Crippen molar-refractivity contribution in [2.24, 2.45) is 0 Å². The molecule has 0 saturated heterocycles. The van der Waals surface area contributed by atoms with Crippen molar-refractivity contribution < 1.29 is 17.7 Å². The van der Waals surface area contributed by atoms with Gasteiger partial charge in [-0.1, -0.05) is 0 Å². The van der Waals surface area contributed by atoms with E-state index in [0.717, 1.165) is 30.6 Å². The quantitative estimate of drug-likeness (QED) is 0.648. The number of halogens is 1. The van der Waals surface area contributed by atoms with Gasteiger partial charge in [-0.25, -0.2) is 8.42 Å². The zero-order valence-electron chi connectivity index (χ0n) is 9.20. The predicted molar refractivity (Wildman–Crippen MR) is 62.5 cm³/mol. The molecule has 2 rings (SSSR count). The lowest BCUT2D eigenvalue weighted by Crippen LogP contribution is -2.12. The van der Waals surface area contributed by atoms with E-state index in [0.29, 0.717) is 0 Å². The van der Waals surface area contributed by atoms with Crippen molar-refractivity contribution in [3.05, 3.63) is 46.5 Å². The van der Waals surface area contributed by atoms with Gasteiger partial charge in [-0.2, -0.15) is 9.49 Å². The summed E-state index contributed by atoms with van der Waals surface area (Å²) in [5.41, 5.74) is -0.851. The minimum absolute atomic E-state index is 0.121. The minimum Gasteiger partial charge on any atom is -0.284 e. The fourth-order valence-electron chi connectivity index (χ4n) is 1.32. The maximum atomic E-state index is 13.3. The number of aromatic amines is 1. The monoisotopic (exact) mass is 286 g/mol. The summed E-state index contributed by atoms with van der Waals surface area (Å²) in [5.74, 6) is -1.13. The molecule has 1 aromatic heterocycles. The number of nitro benzene ring substituents is 1. The molecule has 2 N–H and O–H groups in total. The second-order valence-electron chi connectivity index (χ2n) is 3.46. The van der Waals surface area contributed by atoms with Crippen LogP contribution in [0.3, 0.4) is 0 Å². The molecule has 0 radical (unpaired) electrons. The van der Waals surface area contributed by atoms with Crippen molar-refractivity contribution in [3.63, 3.8) is 0 Å². The molecule has 0 fully saturated rings. The van der Waals surface area contributed by atoms with Gasteiger partial charge in [0, 0.05) is 18.3 Å². The summed E-state index contributed by atoms with van der Waals surface area (Å²) in [7, 11) is -3.90. The number of anilines is 1. The fourth-order valence-corrected chi connectivity index (χ4v) is 2.27. The summed E-state index contributed by atoms with van der Waals surface area (Å²) in [6, 6.07) is 2.71. The highest BCUT2D eigenvalue weighted by Crippen LogP contribution is 2.22. The Balaban J connectivity index is 2.30. The van der Waals surface area contributed by atoms with Crippen LogP contribution in [0, 0.1) is 15.9 Å². The Labute approximate surface area is 106 Å². The molecule has 0 amide bonds. The van der Waals surface area contributed by atoms with E-state index in [2.05, 4.69) is 14.9 Å². The van der Waals surface area contributed by atoms with Crippen LogP contribution in [0.5, 0.6) is 0 Å². The highest BCUT2D eigenvalue weighted by atomic mass is 32.2. The van der Waals surface area contributed by atoms with Gasteiger partial charge < -0.3 is 0 Å². The average molecular weight is 286 g/mol. The maximum absolute atomic E-state index is 13.3. The number of nitrogens with one attached hydrogen (secondary N) is 2. The van der Waals surface area contributed by atoms with Crippen molar-refractivity contribution >= 4 is 21.4 Å². The van der Waals surface area contributed by atoms with Crippen LogP contribution >= 0.6 is 0 Å². The molecular weight excluding hydrogens is 279 g/mol. The molecule has 1 heterocycles. The van der Waals surface area contributed by atoms with Crippen LogP contribution in [0.15, 0.2) is 35.5 Å². The molecule has 0 unspecified atom stereocenters. The zero-order chi connectivity index (χ0) is 14.0. The minimum atomic E-state index is -3.90. The third-order valence-corrected chi connectivity index (χ3v) is 3.53. The summed E-state index contributed by atoms with van der Waals surface area (Å²) in [6.07, 6.45) is 2.22. The van der Waals surface area contributed by atoms with Crippen LogP contribution < -0.4 is 4.72 Å². The first-order valence-corrected chi connectivity index (χ1v) is 6.34. The number of hydrogen-bond acceptors (Lipinski definition) is 5. The van der Waals surface area contributed by atoms with Gasteiger partial charge in [0.05, 0.1) is 16.8 Å². The molecule has 0 aliphatic carbocycles. The van der Waals surface area contributed by atoms with E-state index in [1.165, 1.54) is 0 Å². The van der Waals surface area contributed by atoms with Crippen LogP contribution in [0.1, 0.15) is 0 Å². The Morgan fingerprint density at radius 3 is 2.68 bits per heavy atom. The van der Waals surface area contributed by atoms with Gasteiger partial charge >= 0.3 is 5.69 Å². The Kier molecular flexibility index (Phi) is 3.17. The van der Waals surface area contributed by atoms with Gasteiger partial charge in [-0.15, -0.1) is 0 Å². The van der Waals surface area contributed by atoms with Crippen LogP contribution in [0.25, 0.3) is 0 Å². The first-order valence-electron chi connectivity index (χ1n) is 4.86. The standard InChI is InChI=1S/C9H7FN4O4S/c10-8-3-6(1-2-9(8)14(15)16)13-19(17,18)7-4-11-12-5-7/h1-5,13H,(H,11,12). The zero-order valence-corrected chi connectivity index (χ0v) is 10.0. The Morgan fingerprint density at radius 2 is 2.16 bits per heavy atom. The third kappa shape index (κ3) is 2.68. The summed E-state index contributed by atoms with van der Waals surface area (Å²) in [5, 5.41) is 16.2. The van der Waals surface area contributed by atoms with Crippen LogP contribution in [-0.4, -0.2) is 23.5 Å². The lowest BCUT2D eigenvalue weighted by Gasteiger charge is -2.05. The van der Waals surface area contributed by atoms with Crippen molar-refractivity contribution in [2.75, 3.05) is 4.72 Å². The van der Waals surface area contributed by atoms with Gasteiger partial charge in [0.2, 0.25) is 5.82 Å². The van der Waals surface area contributed by atoms with E-state index in [-0.39, 0.29) is 10.6 Å². The molecule has 2 aromatic rings. The second-order valence-corrected chi connectivity index (χ2v) is 5.15. The number of aromatic nitrogens is 2. The summed E-state index contributed by atoms with van der Waals surface area (Å²) in [6.45, 7) is 0. The fraction of sp³-hybridized carbons (Fsp3) is 0. The molecule has 19 heavy (non-hydrogen) atoms. The number of H-pyrrole nitrogens is 1. The van der Waals surface area contributed by atoms with E-state index < -0.39 is 26.5 Å². The highest BCUT2D eigenvalue weighted by Gasteiger charge is 2.18. The average Bonchev–Trinajstić information content (AvgIpc) is 2.81. The topological polar surface area (TPSA) is 118 Å². The van der Waals surface area contributed by atoms with Crippen LogP contribution in [-0.2, 0) is 10.0 Å². The maximum Gasteiger partial charge on any atom is 0.304 e. The Bertz CT molecular complexity index is 714. The molecule has 0 aliphatic heterocycles. The number of sulfonamides is 1. The number of nitrogens with zero attached hydrogens (tertiary/aromatic N) is 2. The number of benzene rings is 1. The molecule has 0 bridgehead atoms. The molecule has 8 nitrogen and oxygen atoms in total. The summed E-state index contributed by atoms with van der Waals surface area (Å²) in [4.78, 5) is 9.39.